The lowest BCUT2D eigenvalue weighted by atomic mass is 10.2. The predicted octanol–water partition coefficient (Wildman–Crippen LogP) is 1.35. The number of carbonyl (C=O) groups excluding carboxylic acids is 1. The molecule has 0 fully saturated rings. The van der Waals surface area contributed by atoms with Crippen LogP contribution in [0.2, 0.25) is 0 Å². The Morgan fingerprint density at radius 1 is 1.38 bits per heavy atom. The van der Waals surface area contributed by atoms with Gasteiger partial charge < -0.3 is 0 Å². The smallest absolute Gasteiger partial charge is 0.264 e. The average molecular weight is 236 g/mol. The van der Waals surface area contributed by atoms with Crippen molar-refractivity contribution in [3.8, 4) is 0 Å². The molecule has 0 radical (unpaired) electrons. The monoisotopic (exact) mass is 235 g/mol. The van der Waals surface area contributed by atoms with Crippen molar-refractivity contribution >= 4 is 29.4 Å². The fourth-order valence-electron chi connectivity index (χ4n) is 1.31. The number of rotatable bonds is 2. The van der Waals surface area contributed by atoms with Crippen LogP contribution in [0.4, 0.5) is 0 Å². The third kappa shape index (κ3) is 2.46. The topological polar surface area (TPSA) is 53.8 Å². The minimum Gasteiger partial charge on any atom is -0.281 e. The van der Waals surface area contributed by atoms with Gasteiger partial charge in [-0.1, -0.05) is 30.3 Å². The Balaban J connectivity index is 2.10. The molecular formula is C11H10ClN3O. The maximum atomic E-state index is 11.2. The molecule has 16 heavy (non-hydrogen) atoms. The van der Waals surface area contributed by atoms with Crippen molar-refractivity contribution in [1.82, 2.24) is 5.43 Å². The van der Waals surface area contributed by atoms with Gasteiger partial charge in [-0.05, 0) is 5.56 Å². The zero-order valence-corrected chi connectivity index (χ0v) is 9.19. The van der Waals surface area contributed by atoms with Crippen LogP contribution in [0.3, 0.4) is 0 Å². The Labute approximate surface area is 98.0 Å². The number of alkyl halides is 1. The normalized spacial score (nSPS) is 22.2. The number of nitrogens with zero attached hydrogens (tertiary/aromatic N) is 2. The first-order valence-electron chi connectivity index (χ1n) is 4.82. The van der Waals surface area contributed by atoms with Gasteiger partial charge in [0.15, 0.2) is 5.38 Å². The second-order valence-electron chi connectivity index (χ2n) is 3.32. The van der Waals surface area contributed by atoms with Crippen LogP contribution in [-0.2, 0) is 11.3 Å². The van der Waals surface area contributed by atoms with Crippen LogP contribution in [0.15, 0.2) is 40.4 Å². The largest absolute Gasteiger partial charge is 0.281 e. The highest BCUT2D eigenvalue weighted by Crippen LogP contribution is 2.06. The maximum absolute atomic E-state index is 11.2. The molecule has 0 saturated carbocycles. The summed E-state index contributed by atoms with van der Waals surface area (Å²) in [6.45, 7) is 0.499. The van der Waals surface area contributed by atoms with Crippen molar-refractivity contribution in [2.45, 2.75) is 11.9 Å². The molecule has 82 valence electrons. The summed E-state index contributed by atoms with van der Waals surface area (Å²) in [5, 5.41) is 2.91. The lowest BCUT2D eigenvalue weighted by Crippen LogP contribution is -2.39. The van der Waals surface area contributed by atoms with E-state index in [2.05, 4.69) is 15.5 Å². The molecule has 1 unspecified atom stereocenters. The van der Waals surface area contributed by atoms with Crippen LogP contribution >= 0.6 is 11.6 Å². The highest BCUT2D eigenvalue weighted by atomic mass is 35.5. The fourth-order valence-corrected chi connectivity index (χ4v) is 1.48. The number of aliphatic imine (C=N–C) groups is 1. The molecule has 4 nitrogen and oxygen atoms in total. The second kappa shape index (κ2) is 4.90. The Bertz CT molecular complexity index is 442. The summed E-state index contributed by atoms with van der Waals surface area (Å²) in [5.41, 5.74) is 3.84. The Hall–Kier alpha value is -1.68. The minimum absolute atomic E-state index is 0.337. The zero-order chi connectivity index (χ0) is 11.4. The van der Waals surface area contributed by atoms with Crippen LogP contribution in [0, 0.1) is 0 Å². The van der Waals surface area contributed by atoms with Crippen LogP contribution in [0.25, 0.3) is 0 Å². The van der Waals surface area contributed by atoms with E-state index in [1.54, 1.807) is 0 Å². The van der Waals surface area contributed by atoms with E-state index in [-0.39, 0.29) is 5.91 Å². The molecule has 1 heterocycles. The van der Waals surface area contributed by atoms with Crippen molar-refractivity contribution in [2.75, 3.05) is 0 Å². The van der Waals surface area contributed by atoms with Gasteiger partial charge in [0.1, 0.15) is 0 Å². The van der Waals surface area contributed by atoms with E-state index in [4.69, 9.17) is 11.6 Å². The van der Waals surface area contributed by atoms with Crippen molar-refractivity contribution < 1.29 is 4.79 Å². The number of hydrogen-bond donors (Lipinski definition) is 1. The summed E-state index contributed by atoms with van der Waals surface area (Å²) in [6, 6.07) is 9.75. The highest BCUT2D eigenvalue weighted by Gasteiger charge is 2.23. The minimum atomic E-state index is -0.749. The fraction of sp³-hybridized carbons (Fsp3) is 0.182. The first-order chi connectivity index (χ1) is 7.77. The summed E-state index contributed by atoms with van der Waals surface area (Å²) in [7, 11) is 0. The molecule has 1 aliphatic heterocycles. The van der Waals surface area contributed by atoms with Crippen LogP contribution in [0.1, 0.15) is 5.56 Å². The molecule has 2 rings (SSSR count). The van der Waals surface area contributed by atoms with Crippen molar-refractivity contribution in [2.24, 2.45) is 10.1 Å². The standard InChI is InChI=1S/C11H10ClN3O/c12-10-9(7-14-15-11(10)16)13-6-8-4-2-1-3-5-8/h1-5,7,10H,6H2,(H,15,16). The molecule has 5 heteroatoms. The van der Waals surface area contributed by atoms with E-state index in [1.807, 2.05) is 30.3 Å². The lowest BCUT2D eigenvalue weighted by Gasteiger charge is -2.12. The van der Waals surface area contributed by atoms with E-state index in [0.29, 0.717) is 12.3 Å². The number of halogens is 1. The van der Waals surface area contributed by atoms with Gasteiger partial charge in [0.05, 0.1) is 18.5 Å². The van der Waals surface area contributed by atoms with Gasteiger partial charge in [-0.3, -0.25) is 9.79 Å². The summed E-state index contributed by atoms with van der Waals surface area (Å²) >= 11 is 5.87. The molecule has 1 aromatic carbocycles. The van der Waals surface area contributed by atoms with Crippen molar-refractivity contribution in [3.63, 3.8) is 0 Å². The zero-order valence-electron chi connectivity index (χ0n) is 8.43. The van der Waals surface area contributed by atoms with Crippen LogP contribution in [0.5, 0.6) is 0 Å². The number of hydrogen-bond acceptors (Lipinski definition) is 3. The number of carbonyl (C=O) groups is 1. The molecule has 1 aliphatic rings. The van der Waals surface area contributed by atoms with Gasteiger partial charge >= 0.3 is 0 Å². The van der Waals surface area contributed by atoms with Crippen LogP contribution < -0.4 is 5.43 Å². The van der Waals surface area contributed by atoms with E-state index in [0.717, 1.165) is 5.56 Å². The van der Waals surface area contributed by atoms with Crippen molar-refractivity contribution in [1.29, 1.82) is 0 Å². The van der Waals surface area contributed by atoms with Gasteiger partial charge in [0.25, 0.3) is 5.91 Å². The molecule has 0 saturated heterocycles. The highest BCUT2D eigenvalue weighted by molar-refractivity contribution is 6.54. The van der Waals surface area contributed by atoms with E-state index in [9.17, 15) is 4.79 Å². The number of hydrazone groups is 1. The Morgan fingerprint density at radius 3 is 2.88 bits per heavy atom. The van der Waals surface area contributed by atoms with Crippen molar-refractivity contribution in [3.05, 3.63) is 35.9 Å². The molecule has 1 N–H and O–H groups in total. The van der Waals surface area contributed by atoms with E-state index in [1.165, 1.54) is 6.21 Å². The molecule has 1 aromatic rings. The molecule has 0 aliphatic carbocycles. The third-order valence-corrected chi connectivity index (χ3v) is 2.57. The van der Waals surface area contributed by atoms with Gasteiger partial charge in [-0.25, -0.2) is 5.43 Å². The van der Waals surface area contributed by atoms with Gasteiger partial charge in [0.2, 0.25) is 0 Å². The average Bonchev–Trinajstić information content (AvgIpc) is 2.32. The number of nitrogens with one attached hydrogen (secondary N) is 1. The Kier molecular flexibility index (Phi) is 3.31. The summed E-state index contributed by atoms with van der Waals surface area (Å²) in [6.07, 6.45) is 1.47. The van der Waals surface area contributed by atoms with Gasteiger partial charge in [-0.2, -0.15) is 5.10 Å². The van der Waals surface area contributed by atoms with Gasteiger partial charge in [0, 0.05) is 0 Å². The summed E-state index contributed by atoms with van der Waals surface area (Å²) in [4.78, 5) is 15.4. The second-order valence-corrected chi connectivity index (χ2v) is 3.76. The maximum Gasteiger partial charge on any atom is 0.264 e. The molecule has 0 spiro atoms. The van der Waals surface area contributed by atoms with Crippen LogP contribution in [-0.4, -0.2) is 23.2 Å². The molecule has 1 amide bonds. The third-order valence-electron chi connectivity index (χ3n) is 2.15. The molecule has 0 bridgehead atoms. The first kappa shape index (κ1) is 10.8. The lowest BCUT2D eigenvalue weighted by molar-refractivity contribution is -0.119. The SMILES string of the molecule is O=C1NN=CC(=NCc2ccccc2)C1Cl. The molecular weight excluding hydrogens is 226 g/mol. The van der Waals surface area contributed by atoms with Gasteiger partial charge in [-0.15, -0.1) is 11.6 Å². The first-order valence-corrected chi connectivity index (χ1v) is 5.26. The quantitative estimate of drug-likeness (QED) is 0.773. The van der Waals surface area contributed by atoms with E-state index < -0.39 is 5.38 Å². The number of amides is 1. The summed E-state index contributed by atoms with van der Waals surface area (Å²) in [5.74, 6) is -0.337. The Morgan fingerprint density at radius 2 is 2.12 bits per heavy atom. The van der Waals surface area contributed by atoms with E-state index >= 15 is 0 Å². The number of benzene rings is 1. The summed E-state index contributed by atoms with van der Waals surface area (Å²) < 4.78 is 0. The predicted molar refractivity (Wildman–Crippen MR) is 63.9 cm³/mol. The molecule has 1 atom stereocenters. The molecule has 0 aromatic heterocycles.